The monoisotopic (exact) mass is 405 g/mol. The molecule has 0 atom stereocenters. The third-order valence-corrected chi connectivity index (χ3v) is 5.29. The quantitative estimate of drug-likeness (QED) is 0.764. The number of nitrogens with one attached hydrogen (secondary N) is 2. The lowest BCUT2D eigenvalue weighted by molar-refractivity contribution is -0.119. The Balaban J connectivity index is 1.47. The van der Waals surface area contributed by atoms with Gasteiger partial charge in [0.2, 0.25) is 5.91 Å². The molecule has 2 aromatic carbocycles. The van der Waals surface area contributed by atoms with Crippen LogP contribution in [0, 0.1) is 0 Å². The number of likely N-dealkylation sites (tertiary alicyclic amines) is 1. The van der Waals surface area contributed by atoms with Gasteiger partial charge in [0, 0.05) is 25.2 Å². The highest BCUT2D eigenvalue weighted by Crippen LogP contribution is 2.29. The van der Waals surface area contributed by atoms with Gasteiger partial charge in [-0.2, -0.15) is 0 Å². The molecule has 0 unspecified atom stereocenters. The van der Waals surface area contributed by atoms with E-state index < -0.39 is 0 Å². The van der Waals surface area contributed by atoms with Crippen LogP contribution in [0.2, 0.25) is 10.0 Å². The molecular formula is C20H21Cl2N3O2. The van der Waals surface area contributed by atoms with Gasteiger partial charge >= 0.3 is 0 Å². The lowest BCUT2D eigenvalue weighted by Gasteiger charge is -2.15. The molecule has 1 aliphatic heterocycles. The van der Waals surface area contributed by atoms with Crippen LogP contribution < -0.4 is 10.6 Å². The van der Waals surface area contributed by atoms with Crippen molar-refractivity contribution in [2.45, 2.75) is 19.4 Å². The van der Waals surface area contributed by atoms with Crippen LogP contribution in [0.1, 0.15) is 28.8 Å². The van der Waals surface area contributed by atoms with Crippen LogP contribution in [-0.2, 0) is 11.3 Å². The number of benzene rings is 2. The van der Waals surface area contributed by atoms with Gasteiger partial charge in [0.25, 0.3) is 5.91 Å². The summed E-state index contributed by atoms with van der Waals surface area (Å²) in [5.74, 6) is -0.0889. The van der Waals surface area contributed by atoms with Gasteiger partial charge in [-0.15, -0.1) is 0 Å². The van der Waals surface area contributed by atoms with Crippen molar-refractivity contribution in [1.82, 2.24) is 10.2 Å². The molecule has 3 rings (SSSR count). The van der Waals surface area contributed by atoms with E-state index in [1.807, 2.05) is 29.2 Å². The van der Waals surface area contributed by atoms with E-state index in [2.05, 4.69) is 10.6 Å². The Morgan fingerprint density at radius 3 is 2.41 bits per heavy atom. The summed E-state index contributed by atoms with van der Waals surface area (Å²) in [6.07, 6.45) is 2.15. The summed E-state index contributed by atoms with van der Waals surface area (Å²) < 4.78 is 0. The molecule has 1 fully saturated rings. The van der Waals surface area contributed by atoms with Crippen molar-refractivity contribution in [2.24, 2.45) is 0 Å². The van der Waals surface area contributed by atoms with E-state index in [0.29, 0.717) is 27.8 Å². The van der Waals surface area contributed by atoms with E-state index in [4.69, 9.17) is 23.2 Å². The molecule has 1 saturated heterocycles. The fourth-order valence-electron chi connectivity index (χ4n) is 2.95. The smallest absolute Gasteiger partial charge is 0.253 e. The van der Waals surface area contributed by atoms with Gasteiger partial charge in [-0.3, -0.25) is 9.59 Å². The summed E-state index contributed by atoms with van der Waals surface area (Å²) in [5, 5.41) is 6.63. The SMILES string of the molecule is O=C(CNc1cccc(Cl)c1Cl)NCc1ccc(C(=O)N2CCCC2)cc1. The summed E-state index contributed by atoms with van der Waals surface area (Å²) in [6, 6.07) is 12.6. The first-order valence-corrected chi connectivity index (χ1v) is 9.63. The molecule has 0 saturated carbocycles. The Morgan fingerprint density at radius 2 is 1.70 bits per heavy atom. The van der Waals surface area contributed by atoms with E-state index in [-0.39, 0.29) is 18.4 Å². The van der Waals surface area contributed by atoms with Crippen LogP contribution in [0.15, 0.2) is 42.5 Å². The number of carbonyl (C=O) groups excluding carboxylic acids is 2. The largest absolute Gasteiger partial charge is 0.375 e. The second-order valence-electron chi connectivity index (χ2n) is 6.43. The predicted octanol–water partition coefficient (Wildman–Crippen LogP) is 3.96. The van der Waals surface area contributed by atoms with Crippen LogP contribution >= 0.6 is 23.2 Å². The highest BCUT2D eigenvalue weighted by atomic mass is 35.5. The maximum atomic E-state index is 12.3. The van der Waals surface area contributed by atoms with Crippen molar-refractivity contribution < 1.29 is 9.59 Å². The molecule has 142 valence electrons. The van der Waals surface area contributed by atoms with E-state index >= 15 is 0 Å². The molecule has 5 nitrogen and oxygen atoms in total. The van der Waals surface area contributed by atoms with Crippen molar-refractivity contribution in [1.29, 1.82) is 0 Å². The number of rotatable bonds is 6. The second-order valence-corrected chi connectivity index (χ2v) is 7.21. The van der Waals surface area contributed by atoms with E-state index in [0.717, 1.165) is 31.5 Å². The molecule has 1 heterocycles. The van der Waals surface area contributed by atoms with Gasteiger partial charge in [-0.1, -0.05) is 41.4 Å². The van der Waals surface area contributed by atoms with Crippen LogP contribution in [0.25, 0.3) is 0 Å². The molecule has 0 spiro atoms. The van der Waals surface area contributed by atoms with Crippen LogP contribution in [0.5, 0.6) is 0 Å². The minimum Gasteiger partial charge on any atom is -0.375 e. The number of nitrogens with zero attached hydrogens (tertiary/aromatic N) is 1. The van der Waals surface area contributed by atoms with Gasteiger partial charge in [0.1, 0.15) is 0 Å². The summed E-state index contributed by atoms with van der Waals surface area (Å²) in [4.78, 5) is 26.2. The Labute approximate surface area is 168 Å². The van der Waals surface area contributed by atoms with Crippen molar-refractivity contribution in [3.8, 4) is 0 Å². The summed E-state index contributed by atoms with van der Waals surface area (Å²) >= 11 is 12.0. The molecular weight excluding hydrogens is 385 g/mol. The fourth-order valence-corrected chi connectivity index (χ4v) is 3.31. The van der Waals surface area contributed by atoms with Gasteiger partial charge in [0.15, 0.2) is 0 Å². The molecule has 27 heavy (non-hydrogen) atoms. The fraction of sp³-hybridized carbons (Fsp3) is 0.300. The number of carbonyl (C=O) groups is 2. The van der Waals surface area contributed by atoms with E-state index in [1.165, 1.54) is 0 Å². The average molecular weight is 406 g/mol. The number of hydrogen-bond donors (Lipinski definition) is 2. The van der Waals surface area contributed by atoms with Crippen LogP contribution in [0.4, 0.5) is 5.69 Å². The number of halogens is 2. The third kappa shape index (κ3) is 5.15. The van der Waals surface area contributed by atoms with Gasteiger partial charge in [0.05, 0.1) is 22.3 Å². The average Bonchev–Trinajstić information content (AvgIpc) is 3.22. The van der Waals surface area contributed by atoms with Gasteiger partial charge in [-0.25, -0.2) is 0 Å². The minimum atomic E-state index is -0.164. The van der Waals surface area contributed by atoms with Gasteiger partial charge in [-0.05, 0) is 42.7 Å². The minimum absolute atomic E-state index is 0.0747. The van der Waals surface area contributed by atoms with Crippen molar-refractivity contribution in [3.63, 3.8) is 0 Å². The standard InChI is InChI=1S/C20H21Cl2N3O2/c21-16-4-3-5-17(19(16)22)23-13-18(26)24-12-14-6-8-15(9-7-14)20(27)25-10-1-2-11-25/h3-9,23H,1-2,10-13H2,(H,24,26). The third-order valence-electron chi connectivity index (χ3n) is 4.47. The lowest BCUT2D eigenvalue weighted by Crippen LogP contribution is -2.29. The summed E-state index contributed by atoms with van der Waals surface area (Å²) in [6.45, 7) is 2.15. The van der Waals surface area contributed by atoms with Crippen molar-refractivity contribution in [2.75, 3.05) is 25.0 Å². The van der Waals surface area contributed by atoms with Crippen LogP contribution in [0.3, 0.4) is 0 Å². The molecule has 1 aliphatic rings. The highest BCUT2D eigenvalue weighted by molar-refractivity contribution is 6.43. The predicted molar refractivity (Wildman–Crippen MR) is 108 cm³/mol. The van der Waals surface area contributed by atoms with Gasteiger partial charge < -0.3 is 15.5 Å². The Hall–Kier alpha value is -2.24. The molecule has 0 aliphatic carbocycles. The number of hydrogen-bond acceptors (Lipinski definition) is 3. The Morgan fingerprint density at radius 1 is 1.00 bits per heavy atom. The molecule has 7 heteroatoms. The first kappa shape index (κ1) is 19.5. The summed E-state index contributed by atoms with van der Waals surface area (Å²) in [5.41, 5.74) is 2.23. The Bertz CT molecular complexity index is 818. The molecule has 2 aromatic rings. The maximum Gasteiger partial charge on any atom is 0.253 e. The summed E-state index contributed by atoms with van der Waals surface area (Å²) in [7, 11) is 0. The Kier molecular flexibility index (Phi) is 6.58. The zero-order chi connectivity index (χ0) is 19.2. The highest BCUT2D eigenvalue weighted by Gasteiger charge is 2.19. The van der Waals surface area contributed by atoms with E-state index in [1.54, 1.807) is 18.2 Å². The second kappa shape index (κ2) is 9.11. The van der Waals surface area contributed by atoms with Crippen molar-refractivity contribution >= 4 is 40.7 Å². The normalized spacial score (nSPS) is 13.5. The first-order chi connectivity index (χ1) is 13.0. The van der Waals surface area contributed by atoms with Crippen molar-refractivity contribution in [3.05, 3.63) is 63.6 Å². The molecule has 0 aromatic heterocycles. The number of anilines is 1. The molecule has 0 bridgehead atoms. The molecule has 2 amide bonds. The zero-order valence-electron chi connectivity index (χ0n) is 14.8. The first-order valence-electron chi connectivity index (χ1n) is 8.87. The zero-order valence-corrected chi connectivity index (χ0v) is 16.3. The van der Waals surface area contributed by atoms with E-state index in [9.17, 15) is 9.59 Å². The number of amides is 2. The van der Waals surface area contributed by atoms with Crippen LogP contribution in [-0.4, -0.2) is 36.3 Å². The lowest BCUT2D eigenvalue weighted by atomic mass is 10.1. The maximum absolute atomic E-state index is 12.3. The molecule has 0 radical (unpaired) electrons. The topological polar surface area (TPSA) is 61.4 Å². The molecule has 2 N–H and O–H groups in total.